The van der Waals surface area contributed by atoms with Gasteiger partial charge in [0.15, 0.2) is 5.43 Å². The number of halogens is 1. The number of para-hydroxylation sites is 1. The number of aromatic nitrogens is 4. The molecule has 12 heteroatoms. The average Bonchev–Trinajstić information content (AvgIpc) is 2.85. The zero-order valence-electron chi connectivity index (χ0n) is 19.7. The number of sulfonamides is 1. The Morgan fingerprint density at radius 3 is 2.49 bits per heavy atom. The van der Waals surface area contributed by atoms with E-state index in [0.29, 0.717) is 22.4 Å². The van der Waals surface area contributed by atoms with Crippen molar-refractivity contribution < 1.29 is 8.42 Å². The second kappa shape index (κ2) is 9.34. The molecule has 0 bridgehead atoms. The van der Waals surface area contributed by atoms with E-state index in [1.54, 1.807) is 43.3 Å². The molecule has 0 spiro atoms. The first kappa shape index (κ1) is 24.5. The molecule has 3 heterocycles. The van der Waals surface area contributed by atoms with Crippen LogP contribution in [0.3, 0.4) is 0 Å². The van der Waals surface area contributed by atoms with Crippen LogP contribution in [0.15, 0.2) is 76.7 Å². The van der Waals surface area contributed by atoms with E-state index in [9.17, 15) is 18.0 Å². The molecular formula is C25H21ClN6O4S. The van der Waals surface area contributed by atoms with Gasteiger partial charge >= 0.3 is 0 Å². The summed E-state index contributed by atoms with van der Waals surface area (Å²) >= 11 is 6.94. The molecule has 0 saturated heterocycles. The molecule has 0 aliphatic rings. The van der Waals surface area contributed by atoms with Crippen LogP contribution in [-0.2, 0) is 10.0 Å². The maximum atomic E-state index is 14.0. The van der Waals surface area contributed by atoms with Crippen LogP contribution in [0.25, 0.3) is 27.5 Å². The summed E-state index contributed by atoms with van der Waals surface area (Å²) in [6, 6.07) is 14.4. The molecule has 0 saturated carbocycles. The van der Waals surface area contributed by atoms with Gasteiger partial charge in [-0.05, 0) is 25.1 Å². The number of pyridine rings is 2. The number of rotatable bonds is 6. The van der Waals surface area contributed by atoms with Crippen LogP contribution < -0.4 is 21.0 Å². The topological polar surface area (TPSA) is 139 Å². The summed E-state index contributed by atoms with van der Waals surface area (Å²) in [5.74, 6) is 0.273. The Kier molecular flexibility index (Phi) is 6.18. The van der Waals surface area contributed by atoms with Crippen molar-refractivity contribution in [3.8, 4) is 5.69 Å². The molecule has 1 unspecified atom stereocenters. The molecule has 37 heavy (non-hydrogen) atoms. The number of hydrogen-bond donors (Lipinski definition) is 3. The molecule has 0 aliphatic heterocycles. The number of nitrogens with one attached hydrogen (secondary N) is 3. The number of anilines is 2. The first-order valence-electron chi connectivity index (χ1n) is 11.1. The van der Waals surface area contributed by atoms with E-state index in [2.05, 4.69) is 25.0 Å². The molecule has 10 nitrogen and oxygen atoms in total. The number of hydrogen-bond acceptors (Lipinski definition) is 7. The van der Waals surface area contributed by atoms with Gasteiger partial charge in [0.25, 0.3) is 5.56 Å². The largest absolute Gasteiger partial charge is 0.361 e. The summed E-state index contributed by atoms with van der Waals surface area (Å²) in [6.45, 7) is 1.79. The van der Waals surface area contributed by atoms with Gasteiger partial charge in [-0.2, -0.15) is 0 Å². The Balaban J connectivity index is 1.78. The lowest BCUT2D eigenvalue weighted by Crippen LogP contribution is -2.27. The van der Waals surface area contributed by atoms with E-state index < -0.39 is 21.6 Å². The van der Waals surface area contributed by atoms with Crippen molar-refractivity contribution in [3.63, 3.8) is 0 Å². The van der Waals surface area contributed by atoms with Gasteiger partial charge in [-0.15, -0.1) is 0 Å². The molecule has 1 atom stereocenters. The molecule has 5 rings (SSSR count). The smallest absolute Gasteiger partial charge is 0.265 e. The van der Waals surface area contributed by atoms with Crippen molar-refractivity contribution in [2.24, 2.45) is 0 Å². The fourth-order valence-electron chi connectivity index (χ4n) is 4.32. The van der Waals surface area contributed by atoms with Gasteiger partial charge in [0.05, 0.1) is 34.1 Å². The lowest BCUT2D eigenvalue weighted by molar-refractivity contribution is 0.607. The molecule has 188 valence electrons. The third kappa shape index (κ3) is 4.54. The fourth-order valence-corrected chi connectivity index (χ4v) is 5.29. The van der Waals surface area contributed by atoms with Crippen LogP contribution in [-0.4, -0.2) is 34.2 Å². The standard InChI is InChI=1S/C25H21ClN6O4S/c1-14(30-24-20-18(33)11-12-27-23(20)28-13-29-24)22-21(26)16-9-6-10-17(31-37(2,35)36)19(16)25(34)32(22)15-7-4-3-5-8-15/h3-14,31H,1-2H3,(H2,27,28,29,30,33). The predicted octanol–water partition coefficient (Wildman–Crippen LogP) is 3.82. The molecule has 0 amide bonds. The van der Waals surface area contributed by atoms with Crippen LogP contribution in [0.5, 0.6) is 0 Å². The zero-order valence-corrected chi connectivity index (χ0v) is 21.3. The normalized spacial score (nSPS) is 12.5. The minimum Gasteiger partial charge on any atom is -0.361 e. The Bertz CT molecular complexity index is 1880. The minimum atomic E-state index is -3.67. The van der Waals surface area contributed by atoms with Crippen LogP contribution in [0, 0.1) is 0 Å². The van der Waals surface area contributed by atoms with Crippen molar-refractivity contribution in [2.75, 3.05) is 16.3 Å². The fraction of sp³-hybridized carbons (Fsp3) is 0.120. The van der Waals surface area contributed by atoms with Crippen molar-refractivity contribution in [2.45, 2.75) is 13.0 Å². The zero-order chi connectivity index (χ0) is 26.3. The lowest BCUT2D eigenvalue weighted by Gasteiger charge is -2.24. The highest BCUT2D eigenvalue weighted by molar-refractivity contribution is 7.92. The summed E-state index contributed by atoms with van der Waals surface area (Å²) in [4.78, 5) is 37.9. The summed E-state index contributed by atoms with van der Waals surface area (Å²) in [7, 11) is -3.67. The van der Waals surface area contributed by atoms with E-state index in [1.165, 1.54) is 29.2 Å². The molecule has 3 N–H and O–H groups in total. The molecule has 5 aromatic rings. The number of fused-ring (bicyclic) bond motifs is 2. The molecule has 2 aromatic carbocycles. The van der Waals surface area contributed by atoms with Crippen LogP contribution in [0.2, 0.25) is 5.02 Å². The number of aromatic amines is 1. The monoisotopic (exact) mass is 536 g/mol. The molecule has 3 aromatic heterocycles. The van der Waals surface area contributed by atoms with Crippen molar-refractivity contribution in [1.29, 1.82) is 0 Å². The summed E-state index contributed by atoms with van der Waals surface area (Å²) in [5.41, 5.74) is 0.674. The van der Waals surface area contributed by atoms with Crippen LogP contribution in [0.4, 0.5) is 11.5 Å². The third-order valence-electron chi connectivity index (χ3n) is 5.81. The lowest BCUT2D eigenvalue weighted by atomic mass is 10.1. The first-order valence-corrected chi connectivity index (χ1v) is 13.4. The predicted molar refractivity (Wildman–Crippen MR) is 145 cm³/mol. The van der Waals surface area contributed by atoms with E-state index in [1.807, 2.05) is 6.07 Å². The average molecular weight is 537 g/mol. The van der Waals surface area contributed by atoms with E-state index in [0.717, 1.165) is 6.26 Å². The Labute approximate surface area is 216 Å². The van der Waals surface area contributed by atoms with Gasteiger partial charge in [-0.1, -0.05) is 41.9 Å². The Morgan fingerprint density at radius 1 is 1.00 bits per heavy atom. The quantitative estimate of drug-likeness (QED) is 0.300. The Morgan fingerprint density at radius 2 is 1.76 bits per heavy atom. The third-order valence-corrected chi connectivity index (χ3v) is 6.79. The van der Waals surface area contributed by atoms with Crippen LogP contribution in [0.1, 0.15) is 18.7 Å². The maximum absolute atomic E-state index is 14.0. The highest BCUT2D eigenvalue weighted by Crippen LogP contribution is 2.35. The summed E-state index contributed by atoms with van der Waals surface area (Å²) in [5, 5.41) is 4.22. The van der Waals surface area contributed by atoms with Crippen molar-refractivity contribution in [3.05, 3.63) is 98.4 Å². The second-order valence-corrected chi connectivity index (χ2v) is 10.6. The Hall–Kier alpha value is -4.22. The first-order chi connectivity index (χ1) is 17.7. The van der Waals surface area contributed by atoms with Crippen molar-refractivity contribution in [1.82, 2.24) is 19.5 Å². The highest BCUT2D eigenvalue weighted by atomic mass is 35.5. The number of benzene rings is 2. The van der Waals surface area contributed by atoms with E-state index >= 15 is 0 Å². The maximum Gasteiger partial charge on any atom is 0.265 e. The number of nitrogens with zero attached hydrogens (tertiary/aromatic N) is 3. The molecular weight excluding hydrogens is 516 g/mol. The van der Waals surface area contributed by atoms with E-state index in [4.69, 9.17) is 11.6 Å². The second-order valence-electron chi connectivity index (χ2n) is 8.43. The molecule has 0 radical (unpaired) electrons. The number of H-pyrrole nitrogens is 1. The molecule has 0 fully saturated rings. The van der Waals surface area contributed by atoms with Crippen LogP contribution >= 0.6 is 11.6 Å². The van der Waals surface area contributed by atoms with Gasteiger partial charge in [0.2, 0.25) is 10.0 Å². The highest BCUT2D eigenvalue weighted by Gasteiger charge is 2.24. The van der Waals surface area contributed by atoms with Gasteiger partial charge in [-0.25, -0.2) is 18.4 Å². The van der Waals surface area contributed by atoms with Gasteiger partial charge in [0.1, 0.15) is 23.2 Å². The minimum absolute atomic E-state index is 0.122. The van der Waals surface area contributed by atoms with Gasteiger partial charge in [0, 0.05) is 23.3 Å². The van der Waals surface area contributed by atoms with E-state index in [-0.39, 0.29) is 32.7 Å². The van der Waals surface area contributed by atoms with Gasteiger partial charge in [-0.3, -0.25) is 18.9 Å². The van der Waals surface area contributed by atoms with Gasteiger partial charge < -0.3 is 10.3 Å². The summed E-state index contributed by atoms with van der Waals surface area (Å²) in [6.07, 6.45) is 3.83. The summed E-state index contributed by atoms with van der Waals surface area (Å²) < 4.78 is 27.9. The SMILES string of the molecule is CC(Nc1ncnc2[nH]ccc(=O)c12)c1c(Cl)c2cccc(NS(C)(=O)=O)c2c(=O)n1-c1ccccc1. The van der Waals surface area contributed by atoms with Crippen molar-refractivity contribution >= 4 is 54.9 Å². The molecule has 0 aliphatic carbocycles.